The molecular weight excluding hydrogens is 309 g/mol. The fourth-order valence-corrected chi connectivity index (χ4v) is 2.37. The SMILES string of the molecule is O=C(NCCOCc1ccccc1)c1c(Cl)cccc1Cl. The Bertz CT molecular complexity index is 582. The second-order valence-corrected chi connectivity index (χ2v) is 5.21. The second kappa shape index (κ2) is 8.03. The molecule has 2 aromatic rings. The Balaban J connectivity index is 1.75. The van der Waals surface area contributed by atoms with Gasteiger partial charge in [0.1, 0.15) is 0 Å². The molecule has 0 aliphatic carbocycles. The lowest BCUT2D eigenvalue weighted by Gasteiger charge is -2.09. The molecular formula is C16H15Cl2NO2. The Morgan fingerprint density at radius 2 is 1.67 bits per heavy atom. The number of halogens is 2. The Hall–Kier alpha value is -1.55. The lowest BCUT2D eigenvalue weighted by molar-refractivity contribution is 0.0901. The maximum Gasteiger partial charge on any atom is 0.254 e. The van der Waals surface area contributed by atoms with Crippen LogP contribution in [0.5, 0.6) is 0 Å². The number of hydrogen-bond acceptors (Lipinski definition) is 2. The number of benzene rings is 2. The highest BCUT2D eigenvalue weighted by Crippen LogP contribution is 2.23. The van der Waals surface area contributed by atoms with Crippen molar-refractivity contribution in [1.82, 2.24) is 5.32 Å². The van der Waals surface area contributed by atoms with E-state index in [2.05, 4.69) is 5.32 Å². The lowest BCUT2D eigenvalue weighted by atomic mass is 10.2. The third kappa shape index (κ3) is 4.74. The first kappa shape index (κ1) is 15.8. The first-order valence-corrected chi connectivity index (χ1v) is 7.28. The zero-order valence-corrected chi connectivity index (χ0v) is 12.8. The molecule has 0 atom stereocenters. The molecule has 0 aliphatic heterocycles. The fraction of sp³-hybridized carbons (Fsp3) is 0.188. The van der Waals surface area contributed by atoms with Gasteiger partial charge in [-0.3, -0.25) is 4.79 Å². The van der Waals surface area contributed by atoms with Crippen LogP contribution in [0.15, 0.2) is 48.5 Å². The van der Waals surface area contributed by atoms with Crippen LogP contribution in [-0.2, 0) is 11.3 Å². The van der Waals surface area contributed by atoms with Crippen LogP contribution in [-0.4, -0.2) is 19.1 Å². The van der Waals surface area contributed by atoms with Crippen LogP contribution in [0, 0.1) is 0 Å². The molecule has 0 spiro atoms. The fourth-order valence-electron chi connectivity index (χ4n) is 1.80. The van der Waals surface area contributed by atoms with Gasteiger partial charge in [-0.15, -0.1) is 0 Å². The standard InChI is InChI=1S/C16H15Cl2NO2/c17-13-7-4-8-14(18)15(13)16(20)19-9-10-21-11-12-5-2-1-3-6-12/h1-8H,9-11H2,(H,19,20). The molecule has 0 aromatic heterocycles. The monoisotopic (exact) mass is 323 g/mol. The summed E-state index contributed by atoms with van der Waals surface area (Å²) in [6.07, 6.45) is 0. The summed E-state index contributed by atoms with van der Waals surface area (Å²) in [4.78, 5) is 12.0. The molecule has 0 unspecified atom stereocenters. The van der Waals surface area contributed by atoms with E-state index in [0.29, 0.717) is 35.4 Å². The Kier molecular flexibility index (Phi) is 6.05. The van der Waals surface area contributed by atoms with E-state index in [-0.39, 0.29) is 5.91 Å². The van der Waals surface area contributed by atoms with E-state index in [9.17, 15) is 4.79 Å². The van der Waals surface area contributed by atoms with E-state index in [1.807, 2.05) is 30.3 Å². The minimum absolute atomic E-state index is 0.295. The van der Waals surface area contributed by atoms with Gasteiger partial charge >= 0.3 is 0 Å². The van der Waals surface area contributed by atoms with Crippen molar-refractivity contribution in [2.75, 3.05) is 13.2 Å². The van der Waals surface area contributed by atoms with Crippen LogP contribution < -0.4 is 5.32 Å². The number of ether oxygens (including phenoxy) is 1. The predicted molar refractivity (Wildman–Crippen MR) is 84.9 cm³/mol. The van der Waals surface area contributed by atoms with Crippen molar-refractivity contribution < 1.29 is 9.53 Å². The van der Waals surface area contributed by atoms with E-state index < -0.39 is 0 Å². The van der Waals surface area contributed by atoms with Gasteiger partial charge in [-0.25, -0.2) is 0 Å². The van der Waals surface area contributed by atoms with Crippen LogP contribution in [0.25, 0.3) is 0 Å². The second-order valence-electron chi connectivity index (χ2n) is 4.39. The Morgan fingerprint density at radius 3 is 2.33 bits per heavy atom. The summed E-state index contributed by atoms with van der Waals surface area (Å²) in [7, 11) is 0. The Morgan fingerprint density at radius 1 is 1.00 bits per heavy atom. The molecule has 0 bridgehead atoms. The highest BCUT2D eigenvalue weighted by atomic mass is 35.5. The minimum atomic E-state index is -0.297. The summed E-state index contributed by atoms with van der Waals surface area (Å²) in [6, 6.07) is 14.8. The van der Waals surface area contributed by atoms with Crippen LogP contribution in [0.3, 0.4) is 0 Å². The quantitative estimate of drug-likeness (QED) is 0.818. The average molecular weight is 324 g/mol. The van der Waals surface area contributed by atoms with Gasteiger partial charge in [0.15, 0.2) is 0 Å². The predicted octanol–water partition coefficient (Wildman–Crippen LogP) is 3.94. The van der Waals surface area contributed by atoms with Crippen LogP contribution in [0.2, 0.25) is 10.0 Å². The number of nitrogens with one attached hydrogen (secondary N) is 1. The molecule has 0 saturated carbocycles. The normalized spacial score (nSPS) is 10.4. The molecule has 2 rings (SSSR count). The van der Waals surface area contributed by atoms with Gasteiger partial charge < -0.3 is 10.1 Å². The summed E-state index contributed by atoms with van der Waals surface area (Å²) in [6.45, 7) is 1.33. The number of rotatable bonds is 6. The number of carbonyl (C=O) groups excluding carboxylic acids is 1. The van der Waals surface area contributed by atoms with Crippen molar-refractivity contribution in [2.24, 2.45) is 0 Å². The van der Waals surface area contributed by atoms with E-state index in [1.54, 1.807) is 18.2 Å². The van der Waals surface area contributed by atoms with Crippen molar-refractivity contribution in [3.05, 3.63) is 69.7 Å². The molecule has 21 heavy (non-hydrogen) atoms. The van der Waals surface area contributed by atoms with Gasteiger partial charge in [0.25, 0.3) is 5.91 Å². The van der Waals surface area contributed by atoms with E-state index in [0.717, 1.165) is 5.56 Å². The molecule has 0 radical (unpaired) electrons. The summed E-state index contributed by atoms with van der Waals surface area (Å²) in [5.41, 5.74) is 1.39. The number of carbonyl (C=O) groups is 1. The van der Waals surface area contributed by atoms with Gasteiger partial charge in [0, 0.05) is 6.54 Å². The van der Waals surface area contributed by atoms with Crippen molar-refractivity contribution >= 4 is 29.1 Å². The van der Waals surface area contributed by atoms with E-state index in [4.69, 9.17) is 27.9 Å². The highest BCUT2D eigenvalue weighted by Gasteiger charge is 2.13. The topological polar surface area (TPSA) is 38.3 Å². The molecule has 2 aromatic carbocycles. The van der Waals surface area contributed by atoms with Crippen molar-refractivity contribution in [3.8, 4) is 0 Å². The molecule has 1 N–H and O–H groups in total. The molecule has 0 saturated heterocycles. The highest BCUT2D eigenvalue weighted by molar-refractivity contribution is 6.39. The first-order chi connectivity index (χ1) is 10.2. The zero-order chi connectivity index (χ0) is 15.1. The van der Waals surface area contributed by atoms with Crippen molar-refractivity contribution in [1.29, 1.82) is 0 Å². The van der Waals surface area contributed by atoms with Gasteiger partial charge in [-0.2, -0.15) is 0 Å². The summed E-state index contributed by atoms with van der Waals surface area (Å²) in [5.74, 6) is -0.297. The molecule has 0 heterocycles. The molecule has 0 aliphatic rings. The molecule has 1 amide bonds. The van der Waals surface area contributed by atoms with Gasteiger partial charge in [-0.1, -0.05) is 59.6 Å². The third-order valence-electron chi connectivity index (χ3n) is 2.83. The molecule has 0 fully saturated rings. The summed E-state index contributed by atoms with van der Waals surface area (Å²) >= 11 is 11.9. The van der Waals surface area contributed by atoms with Crippen LogP contribution in [0.1, 0.15) is 15.9 Å². The van der Waals surface area contributed by atoms with Crippen molar-refractivity contribution in [3.63, 3.8) is 0 Å². The number of amides is 1. The third-order valence-corrected chi connectivity index (χ3v) is 3.46. The maximum atomic E-state index is 12.0. The average Bonchev–Trinajstić information content (AvgIpc) is 2.48. The maximum absolute atomic E-state index is 12.0. The smallest absolute Gasteiger partial charge is 0.254 e. The largest absolute Gasteiger partial charge is 0.375 e. The number of hydrogen-bond donors (Lipinski definition) is 1. The summed E-state index contributed by atoms with van der Waals surface area (Å²) in [5, 5.41) is 3.41. The first-order valence-electron chi connectivity index (χ1n) is 6.52. The van der Waals surface area contributed by atoms with Crippen molar-refractivity contribution in [2.45, 2.75) is 6.61 Å². The molecule has 3 nitrogen and oxygen atoms in total. The van der Waals surface area contributed by atoms with Gasteiger partial charge in [-0.05, 0) is 17.7 Å². The molecule has 5 heteroatoms. The van der Waals surface area contributed by atoms with E-state index >= 15 is 0 Å². The van der Waals surface area contributed by atoms with Gasteiger partial charge in [0.2, 0.25) is 0 Å². The van der Waals surface area contributed by atoms with Crippen LogP contribution >= 0.6 is 23.2 Å². The lowest BCUT2D eigenvalue weighted by Crippen LogP contribution is -2.27. The van der Waals surface area contributed by atoms with Gasteiger partial charge in [0.05, 0.1) is 28.8 Å². The Labute approximate surface area is 133 Å². The molecule has 110 valence electrons. The zero-order valence-electron chi connectivity index (χ0n) is 11.3. The van der Waals surface area contributed by atoms with Crippen LogP contribution in [0.4, 0.5) is 0 Å². The van der Waals surface area contributed by atoms with E-state index in [1.165, 1.54) is 0 Å². The minimum Gasteiger partial charge on any atom is -0.375 e. The summed E-state index contributed by atoms with van der Waals surface area (Å²) < 4.78 is 5.49.